The van der Waals surface area contributed by atoms with Crippen molar-refractivity contribution in [2.75, 3.05) is 0 Å². The van der Waals surface area contributed by atoms with Gasteiger partial charge in [0.1, 0.15) is 6.10 Å². The minimum absolute atomic E-state index is 0.104. The van der Waals surface area contributed by atoms with Gasteiger partial charge in [-0.05, 0) is 24.0 Å². The van der Waals surface area contributed by atoms with Gasteiger partial charge < -0.3 is 4.74 Å². The number of rotatable bonds is 2. The molecule has 1 aliphatic carbocycles. The largest absolute Gasteiger partial charge is 0.461 e. The van der Waals surface area contributed by atoms with Gasteiger partial charge in [-0.2, -0.15) is 5.26 Å². The molecule has 0 radical (unpaired) electrons. The maximum Gasteiger partial charge on any atom is 0.328 e. The summed E-state index contributed by atoms with van der Waals surface area (Å²) in [6, 6.07) is 22.2. The molecule has 23 heavy (non-hydrogen) atoms. The van der Waals surface area contributed by atoms with Crippen LogP contribution in [0.4, 0.5) is 0 Å². The summed E-state index contributed by atoms with van der Waals surface area (Å²) in [6.07, 6.45) is 1.35. The number of ether oxygens (including phenoxy) is 1. The average Bonchev–Trinajstić information content (AvgIpc) is 2.62. The molecule has 5 rings (SSSR count). The van der Waals surface area contributed by atoms with Crippen LogP contribution in [0.2, 0.25) is 0 Å². The molecule has 2 bridgehead atoms. The average molecular weight is 303 g/mol. The fraction of sp³-hybridized carbons (Fsp3) is 0.300. The predicted molar refractivity (Wildman–Crippen MR) is 85.5 cm³/mol. The molecule has 0 aromatic heterocycles. The normalized spacial score (nSPS) is 32.1. The highest BCUT2D eigenvalue weighted by molar-refractivity contribution is 5.85. The summed E-state index contributed by atoms with van der Waals surface area (Å²) in [6.45, 7) is 0. The highest BCUT2D eigenvalue weighted by Crippen LogP contribution is 2.59. The van der Waals surface area contributed by atoms with Crippen molar-refractivity contribution >= 4 is 5.97 Å². The molecule has 2 heterocycles. The number of esters is 1. The molecule has 2 aromatic rings. The lowest BCUT2D eigenvalue weighted by atomic mass is 9.55. The first-order chi connectivity index (χ1) is 11.3. The second-order valence-corrected chi connectivity index (χ2v) is 6.41. The first-order valence-corrected chi connectivity index (χ1v) is 7.98. The number of carbonyl (C=O) groups is 1. The lowest BCUT2D eigenvalue weighted by Gasteiger charge is -2.51. The van der Waals surface area contributed by atoms with Crippen LogP contribution >= 0.6 is 0 Å². The molecule has 2 atom stereocenters. The van der Waals surface area contributed by atoms with Gasteiger partial charge in [0.05, 0.1) is 6.07 Å². The third-order valence-corrected chi connectivity index (χ3v) is 5.30. The molecule has 0 spiro atoms. The van der Waals surface area contributed by atoms with E-state index in [2.05, 4.69) is 6.07 Å². The van der Waals surface area contributed by atoms with Crippen molar-refractivity contribution in [3.8, 4) is 6.07 Å². The minimum Gasteiger partial charge on any atom is -0.461 e. The Hall–Kier alpha value is -2.60. The smallest absolute Gasteiger partial charge is 0.328 e. The molecule has 114 valence electrons. The van der Waals surface area contributed by atoms with Crippen molar-refractivity contribution in [1.29, 1.82) is 5.26 Å². The lowest BCUT2D eigenvalue weighted by molar-refractivity contribution is -0.181. The molecule has 0 unspecified atom stereocenters. The van der Waals surface area contributed by atoms with E-state index in [1.54, 1.807) is 0 Å². The van der Waals surface area contributed by atoms with Gasteiger partial charge >= 0.3 is 5.97 Å². The van der Waals surface area contributed by atoms with Gasteiger partial charge in [0, 0.05) is 11.8 Å². The van der Waals surface area contributed by atoms with Crippen LogP contribution in [0.3, 0.4) is 0 Å². The van der Waals surface area contributed by atoms with E-state index in [4.69, 9.17) is 4.74 Å². The number of nitriles is 1. The molecule has 1 saturated carbocycles. The van der Waals surface area contributed by atoms with Gasteiger partial charge in [0.15, 0.2) is 5.41 Å². The summed E-state index contributed by atoms with van der Waals surface area (Å²) in [4.78, 5) is 12.7. The van der Waals surface area contributed by atoms with Crippen molar-refractivity contribution in [2.24, 2.45) is 5.41 Å². The summed E-state index contributed by atoms with van der Waals surface area (Å²) in [5.74, 6) is -0.581. The highest BCUT2D eigenvalue weighted by Gasteiger charge is 2.62. The zero-order chi connectivity index (χ0) is 15.9. The molecule has 3 fully saturated rings. The Morgan fingerprint density at radius 3 is 1.83 bits per heavy atom. The van der Waals surface area contributed by atoms with Crippen LogP contribution in [-0.2, 0) is 9.53 Å². The molecule has 0 N–H and O–H groups in total. The maximum absolute atomic E-state index is 12.7. The maximum atomic E-state index is 12.7. The van der Waals surface area contributed by atoms with Crippen molar-refractivity contribution < 1.29 is 9.53 Å². The first-order valence-electron chi connectivity index (χ1n) is 7.98. The molecule has 3 nitrogen and oxygen atoms in total. The zero-order valence-corrected chi connectivity index (χ0v) is 12.7. The molecular weight excluding hydrogens is 286 g/mol. The lowest BCUT2D eigenvalue weighted by Crippen LogP contribution is -2.55. The van der Waals surface area contributed by atoms with Crippen LogP contribution in [0.25, 0.3) is 0 Å². The van der Waals surface area contributed by atoms with Gasteiger partial charge in [-0.1, -0.05) is 60.7 Å². The van der Waals surface area contributed by atoms with Crippen LogP contribution in [0.1, 0.15) is 35.8 Å². The minimum atomic E-state index is -1.13. The molecule has 2 saturated heterocycles. The topological polar surface area (TPSA) is 50.1 Å². The van der Waals surface area contributed by atoms with E-state index in [1.165, 1.54) is 0 Å². The summed E-state index contributed by atoms with van der Waals surface area (Å²) < 4.78 is 5.52. The van der Waals surface area contributed by atoms with E-state index >= 15 is 0 Å². The van der Waals surface area contributed by atoms with Crippen LogP contribution in [0.5, 0.6) is 0 Å². The van der Waals surface area contributed by atoms with Crippen molar-refractivity contribution in [3.05, 3.63) is 71.8 Å². The predicted octanol–water partition coefficient (Wildman–Crippen LogP) is 3.78. The number of fused-ring (bicyclic) bond motifs is 3. The van der Waals surface area contributed by atoms with Gasteiger partial charge in [-0.25, -0.2) is 0 Å². The molecule has 3 heteroatoms. The van der Waals surface area contributed by atoms with E-state index in [1.807, 2.05) is 60.7 Å². The van der Waals surface area contributed by atoms with E-state index < -0.39 is 5.41 Å². The van der Waals surface area contributed by atoms with Gasteiger partial charge in [0.2, 0.25) is 0 Å². The van der Waals surface area contributed by atoms with E-state index in [9.17, 15) is 10.1 Å². The molecule has 0 amide bonds. The summed E-state index contributed by atoms with van der Waals surface area (Å²) in [5.41, 5.74) is 0.977. The summed E-state index contributed by atoms with van der Waals surface area (Å²) >= 11 is 0. The van der Waals surface area contributed by atoms with Crippen LogP contribution in [-0.4, -0.2) is 12.1 Å². The molecule has 2 aromatic carbocycles. The highest BCUT2D eigenvalue weighted by atomic mass is 16.5. The van der Waals surface area contributed by atoms with Crippen molar-refractivity contribution in [3.63, 3.8) is 0 Å². The van der Waals surface area contributed by atoms with E-state index in [0.29, 0.717) is 0 Å². The quantitative estimate of drug-likeness (QED) is 0.793. The monoisotopic (exact) mass is 303 g/mol. The van der Waals surface area contributed by atoms with Gasteiger partial charge in [0.25, 0.3) is 0 Å². The fourth-order valence-corrected chi connectivity index (χ4v) is 4.24. The standard InChI is InChI=1S/C20H17NO2/c21-13-20-17(14-7-3-1-4-8-14)11-16(23-19(20)22)12-18(20)15-9-5-2-6-10-15/h1-10,16-18H,11-12H2/t16?,17-,18-,20?/m1/s1. The third-order valence-electron chi connectivity index (χ3n) is 5.30. The number of carbonyl (C=O) groups excluding carboxylic acids is 1. The van der Waals surface area contributed by atoms with Gasteiger partial charge in [-0.3, -0.25) is 4.79 Å². The third kappa shape index (κ3) is 1.98. The van der Waals surface area contributed by atoms with Crippen molar-refractivity contribution in [2.45, 2.75) is 30.8 Å². The van der Waals surface area contributed by atoms with Crippen LogP contribution in [0.15, 0.2) is 60.7 Å². The second-order valence-electron chi connectivity index (χ2n) is 6.41. The van der Waals surface area contributed by atoms with Crippen molar-refractivity contribution in [1.82, 2.24) is 0 Å². The number of nitrogens with zero attached hydrogens (tertiary/aromatic N) is 1. The SMILES string of the molecule is N#CC12C(=O)OC(C[C@@H]1c1ccccc1)C[C@@H]2c1ccccc1. The molecule has 2 aliphatic heterocycles. The zero-order valence-electron chi connectivity index (χ0n) is 12.7. The van der Waals surface area contributed by atoms with E-state index in [-0.39, 0.29) is 23.9 Å². The van der Waals surface area contributed by atoms with Gasteiger partial charge in [-0.15, -0.1) is 0 Å². The first kappa shape index (κ1) is 14.0. The fourth-order valence-electron chi connectivity index (χ4n) is 4.24. The Labute approximate surface area is 135 Å². The van der Waals surface area contributed by atoms with E-state index in [0.717, 1.165) is 24.0 Å². The Balaban J connectivity index is 1.87. The Morgan fingerprint density at radius 1 is 0.913 bits per heavy atom. The second kappa shape index (κ2) is 5.24. The molecule has 3 aliphatic rings. The van der Waals surface area contributed by atoms with Crippen LogP contribution < -0.4 is 0 Å². The Kier molecular flexibility index (Phi) is 3.20. The number of hydrogen-bond acceptors (Lipinski definition) is 3. The number of hydrogen-bond donors (Lipinski definition) is 0. The Morgan fingerprint density at radius 2 is 1.39 bits per heavy atom. The summed E-state index contributed by atoms with van der Waals surface area (Å²) in [5, 5.41) is 10.0. The molecular formula is C20H17NO2. The number of benzene rings is 2. The summed E-state index contributed by atoms with van der Waals surface area (Å²) in [7, 11) is 0. The Bertz CT molecular complexity index is 714. The van der Waals surface area contributed by atoms with Crippen LogP contribution in [0, 0.1) is 16.7 Å².